The fourth-order valence-corrected chi connectivity index (χ4v) is 10.3. The lowest BCUT2D eigenvalue weighted by Crippen LogP contribution is -2.53. The first-order valence-corrected chi connectivity index (χ1v) is 28.3. The zero-order valence-electron chi connectivity index (χ0n) is 48.4. The second kappa shape index (κ2) is 30.9. The van der Waals surface area contributed by atoms with Gasteiger partial charge in [-0.15, -0.1) is 0 Å². The van der Waals surface area contributed by atoms with Crippen LogP contribution in [-0.2, 0) is 57.8 Å². The first kappa shape index (κ1) is 63.6. The van der Waals surface area contributed by atoms with Crippen LogP contribution in [0.4, 0.5) is 4.79 Å². The van der Waals surface area contributed by atoms with Gasteiger partial charge in [-0.1, -0.05) is 40.5 Å². The fourth-order valence-electron chi connectivity index (χ4n) is 10.3. The molecule has 1 aromatic carbocycles. The number of aromatic nitrogens is 2. The number of carbonyl (C=O) groups is 6. The molecule has 17 heteroatoms. The smallest absolute Gasteiger partial charge is 0.412 e. The molecule has 4 unspecified atom stereocenters. The summed E-state index contributed by atoms with van der Waals surface area (Å²) in [6.45, 7) is 23.7. The Morgan fingerprint density at radius 3 is 2.34 bits per heavy atom. The second-order valence-corrected chi connectivity index (χ2v) is 21.9. The van der Waals surface area contributed by atoms with Gasteiger partial charge in [-0.25, -0.2) is 9.78 Å². The Balaban J connectivity index is 0.00000632. The van der Waals surface area contributed by atoms with Crippen molar-refractivity contribution in [3.63, 3.8) is 0 Å². The lowest BCUT2D eigenvalue weighted by Gasteiger charge is -2.30. The summed E-state index contributed by atoms with van der Waals surface area (Å²) >= 11 is 0. The maximum absolute atomic E-state index is 14.1. The molecule has 426 valence electrons. The van der Waals surface area contributed by atoms with Gasteiger partial charge in [-0.05, 0) is 172 Å². The van der Waals surface area contributed by atoms with E-state index in [1.54, 1.807) is 10.6 Å². The first-order valence-electron chi connectivity index (χ1n) is 28.3. The van der Waals surface area contributed by atoms with Crippen LogP contribution < -0.4 is 32.1 Å². The van der Waals surface area contributed by atoms with Crippen molar-refractivity contribution in [2.45, 2.75) is 215 Å². The highest BCUT2D eigenvalue weighted by Crippen LogP contribution is 2.45. The number of fused-ring (bicyclic) bond motifs is 4. The van der Waals surface area contributed by atoms with Gasteiger partial charge in [-0.2, -0.15) is 0 Å². The number of methoxy groups -OCH3 is 1. The van der Waals surface area contributed by atoms with Crippen molar-refractivity contribution in [3.8, 4) is 11.4 Å². The third-order valence-corrected chi connectivity index (χ3v) is 14.5. The number of allylic oxidation sites excluding steroid dienone is 1. The van der Waals surface area contributed by atoms with Crippen LogP contribution in [0.25, 0.3) is 22.3 Å². The van der Waals surface area contributed by atoms with Gasteiger partial charge in [0.05, 0.1) is 48.0 Å². The molecule has 5 amide bonds. The van der Waals surface area contributed by atoms with Crippen LogP contribution in [0.2, 0.25) is 0 Å². The van der Waals surface area contributed by atoms with E-state index in [0.29, 0.717) is 113 Å². The SMILES string of the molecule is CC.CCCC(CC/C=C/OC(=O)NC1CCc2c(C)c(C)cc3nc4c(c1c23)Cn1c-4cc(C(C=O)CC)c(COC)c1=O)C(=O)NCCCCC(NC(=O)CCCCCNC=O)C(=O)NC(C)(C)CCOC(C)(C)C. The number of nitrogens with one attached hydrogen (secondary N) is 5. The molecule has 3 aromatic rings. The fraction of sp³-hybridized carbons (Fsp3) is 0.633. The largest absolute Gasteiger partial charge is 0.419 e. The molecule has 4 atom stereocenters. The Bertz CT molecular complexity index is 2580. The number of aldehydes is 1. The van der Waals surface area contributed by atoms with E-state index in [2.05, 4.69) is 46.5 Å². The Morgan fingerprint density at radius 1 is 0.922 bits per heavy atom. The zero-order valence-corrected chi connectivity index (χ0v) is 48.4. The van der Waals surface area contributed by atoms with Crippen LogP contribution in [0.5, 0.6) is 0 Å². The van der Waals surface area contributed by atoms with Gasteiger partial charge < -0.3 is 50.2 Å². The molecule has 1 aliphatic carbocycles. The molecule has 2 aliphatic rings. The standard InChI is InChI=1S/C58H85N7O10.C2H6/c1-11-20-40(53(69)60-28-18-15-22-46(61-49(68)23-14-13-17-27-59-36-67)54(70)64-58(8,9)26-30-75-57(5,6)7)21-16-19-29-74-56(72)63-45-25-24-41-38(4)37(3)31-47-50(41)51(45)43-33-65-48(52(43)62-47)32-42(39(12-2)34-66)44(35-73-10)55(65)71;1-2/h19,29,31-32,34,36,39-40,45-46H,11-18,20-28,30,33,35H2,1-10H3,(H,59,67)(H,60,69)(H,61,68)(H,63,72)(H,64,70);1-2H3/b29-19+;. The molecule has 0 fully saturated rings. The van der Waals surface area contributed by atoms with Crippen LogP contribution in [0.3, 0.4) is 0 Å². The van der Waals surface area contributed by atoms with Gasteiger partial charge >= 0.3 is 6.09 Å². The summed E-state index contributed by atoms with van der Waals surface area (Å²) in [5.41, 5.74) is 7.36. The van der Waals surface area contributed by atoms with Crippen molar-refractivity contribution in [1.82, 2.24) is 36.1 Å². The predicted molar refractivity (Wildman–Crippen MR) is 302 cm³/mol. The van der Waals surface area contributed by atoms with E-state index in [-0.39, 0.29) is 54.4 Å². The third kappa shape index (κ3) is 18.1. The van der Waals surface area contributed by atoms with Gasteiger partial charge in [0.25, 0.3) is 5.56 Å². The summed E-state index contributed by atoms with van der Waals surface area (Å²) < 4.78 is 18.7. The molecule has 17 nitrogen and oxygen atoms in total. The summed E-state index contributed by atoms with van der Waals surface area (Å²) in [4.78, 5) is 95.6. The Morgan fingerprint density at radius 2 is 1.66 bits per heavy atom. The van der Waals surface area contributed by atoms with E-state index in [1.165, 1.54) is 24.5 Å². The molecule has 5 N–H and O–H groups in total. The van der Waals surface area contributed by atoms with Gasteiger partial charge in [0.15, 0.2) is 0 Å². The van der Waals surface area contributed by atoms with Crippen LogP contribution in [0.15, 0.2) is 29.3 Å². The molecule has 0 radical (unpaired) electrons. The Kier molecular flexibility index (Phi) is 25.5. The number of unbranched alkanes of at least 4 members (excludes halogenated alkanes) is 3. The van der Waals surface area contributed by atoms with E-state index in [4.69, 9.17) is 19.2 Å². The van der Waals surface area contributed by atoms with Crippen molar-refractivity contribution in [2.24, 2.45) is 5.92 Å². The quantitative estimate of drug-likeness (QED) is 0.0181. The second-order valence-electron chi connectivity index (χ2n) is 21.9. The van der Waals surface area contributed by atoms with Crippen molar-refractivity contribution in [2.75, 3.05) is 26.8 Å². The highest BCUT2D eigenvalue weighted by Gasteiger charge is 2.36. The minimum atomic E-state index is -0.740. The molecule has 5 rings (SSSR count). The highest BCUT2D eigenvalue weighted by molar-refractivity contribution is 5.94. The number of amides is 5. The monoisotopic (exact) mass is 1070 g/mol. The molecular weight excluding hydrogens is 979 g/mol. The summed E-state index contributed by atoms with van der Waals surface area (Å²) in [7, 11) is 1.53. The number of aryl methyl sites for hydroxylation is 2. The third-order valence-electron chi connectivity index (χ3n) is 14.5. The Hall–Kier alpha value is -5.94. The van der Waals surface area contributed by atoms with Gasteiger partial charge in [0.1, 0.15) is 12.3 Å². The highest BCUT2D eigenvalue weighted by atomic mass is 16.5. The normalized spacial score (nSPS) is 14.8. The van der Waals surface area contributed by atoms with Gasteiger partial charge in [0, 0.05) is 67.1 Å². The number of rotatable bonds is 31. The number of hydrogen-bond donors (Lipinski definition) is 5. The summed E-state index contributed by atoms with van der Waals surface area (Å²) in [6, 6.07) is 2.82. The zero-order chi connectivity index (χ0) is 56.9. The predicted octanol–water partition coefficient (Wildman–Crippen LogP) is 9.51. The van der Waals surface area contributed by atoms with Gasteiger partial charge in [0.2, 0.25) is 24.1 Å². The molecule has 77 heavy (non-hydrogen) atoms. The summed E-state index contributed by atoms with van der Waals surface area (Å²) in [6.07, 6.45) is 13.1. The number of hydrogen-bond acceptors (Lipinski definition) is 11. The number of ether oxygens (including phenoxy) is 3. The Labute approximate surface area is 457 Å². The van der Waals surface area contributed by atoms with E-state index in [0.717, 1.165) is 59.6 Å². The molecule has 2 aromatic heterocycles. The molecule has 3 heterocycles. The first-order chi connectivity index (χ1) is 36.8. The van der Waals surface area contributed by atoms with Crippen molar-refractivity contribution in [3.05, 3.63) is 73.8 Å². The van der Waals surface area contributed by atoms with Crippen LogP contribution in [0, 0.1) is 19.8 Å². The number of alkyl carbamates (subject to hydrolysis) is 1. The lowest BCUT2D eigenvalue weighted by molar-refractivity contribution is -0.130. The molecule has 0 spiro atoms. The van der Waals surface area contributed by atoms with E-state index in [9.17, 15) is 33.6 Å². The number of pyridine rings is 2. The van der Waals surface area contributed by atoms with Crippen LogP contribution in [-0.4, -0.2) is 90.1 Å². The van der Waals surface area contributed by atoms with Gasteiger partial charge in [-0.3, -0.25) is 24.0 Å². The summed E-state index contributed by atoms with van der Waals surface area (Å²) in [5.74, 6) is -1.24. The van der Waals surface area contributed by atoms with E-state index >= 15 is 0 Å². The van der Waals surface area contributed by atoms with E-state index in [1.807, 2.05) is 68.4 Å². The van der Waals surface area contributed by atoms with Crippen molar-refractivity contribution < 1.29 is 43.0 Å². The number of carbonyl (C=O) groups excluding carboxylic acids is 6. The van der Waals surface area contributed by atoms with Crippen molar-refractivity contribution >= 4 is 47.4 Å². The molecule has 0 saturated carbocycles. The minimum absolute atomic E-state index is 0.0576. The topological polar surface area (TPSA) is 225 Å². The van der Waals surface area contributed by atoms with Crippen molar-refractivity contribution in [1.29, 1.82) is 0 Å². The molecule has 0 bridgehead atoms. The molecular formula is C60H91N7O10. The maximum atomic E-state index is 14.1. The average Bonchev–Trinajstić information content (AvgIpc) is 3.78. The minimum Gasteiger partial charge on any atom is -0.419 e. The van der Waals surface area contributed by atoms with E-state index < -0.39 is 29.6 Å². The molecule has 0 saturated heterocycles. The molecule has 1 aliphatic heterocycles. The average molecular weight is 1070 g/mol. The maximum Gasteiger partial charge on any atom is 0.412 e. The number of benzene rings is 1. The number of nitrogens with zero attached hydrogens (tertiary/aromatic N) is 2. The van der Waals surface area contributed by atoms with Crippen LogP contribution >= 0.6 is 0 Å². The summed E-state index contributed by atoms with van der Waals surface area (Å²) in [5, 5.41) is 15.9. The van der Waals surface area contributed by atoms with Crippen LogP contribution in [0.1, 0.15) is 203 Å². The lowest BCUT2D eigenvalue weighted by atomic mass is 9.81.